The van der Waals surface area contributed by atoms with Gasteiger partial charge in [-0.15, -0.1) is 0 Å². The van der Waals surface area contributed by atoms with Crippen molar-refractivity contribution in [3.63, 3.8) is 0 Å². The largest absolute Gasteiger partial charge is 0.496 e. The van der Waals surface area contributed by atoms with E-state index in [4.69, 9.17) is 22.1 Å². The third kappa shape index (κ3) is 2.86. The lowest BCUT2D eigenvalue weighted by atomic mass is 10.3. The lowest BCUT2D eigenvalue weighted by Gasteiger charge is -2.10. The van der Waals surface area contributed by atoms with Crippen molar-refractivity contribution in [1.82, 2.24) is 4.98 Å². The molecular weight excluding hydrogens is 318 g/mol. The van der Waals surface area contributed by atoms with Crippen LogP contribution in [0.3, 0.4) is 0 Å². The minimum absolute atomic E-state index is 0.474. The van der Waals surface area contributed by atoms with Gasteiger partial charge in [0, 0.05) is 5.69 Å². The Kier molecular flexibility index (Phi) is 3.93. The molecule has 6 heteroatoms. The number of rotatable bonds is 3. The van der Waals surface area contributed by atoms with Gasteiger partial charge in [-0.2, -0.15) is 0 Å². The summed E-state index contributed by atoms with van der Waals surface area (Å²) in [4.78, 5) is 4.13. The number of benzene rings is 1. The molecule has 0 saturated heterocycles. The second-order valence-corrected chi connectivity index (χ2v) is 4.83. The van der Waals surface area contributed by atoms with Gasteiger partial charge in [0.2, 0.25) is 0 Å². The number of nitrogens with zero attached hydrogens (tertiary/aromatic N) is 1. The van der Waals surface area contributed by atoms with Crippen molar-refractivity contribution in [1.29, 1.82) is 0 Å². The number of anilines is 3. The zero-order valence-electron chi connectivity index (χ0n) is 9.58. The third-order valence-electron chi connectivity index (χ3n) is 2.28. The zero-order chi connectivity index (χ0) is 13.1. The summed E-state index contributed by atoms with van der Waals surface area (Å²) in [7, 11) is 1.62. The molecule has 0 spiro atoms. The van der Waals surface area contributed by atoms with Gasteiger partial charge in [-0.1, -0.05) is 11.6 Å². The van der Waals surface area contributed by atoms with Gasteiger partial charge in [-0.3, -0.25) is 0 Å². The van der Waals surface area contributed by atoms with Gasteiger partial charge in [-0.05, 0) is 40.2 Å². The highest BCUT2D eigenvalue weighted by molar-refractivity contribution is 9.10. The maximum atomic E-state index is 6.04. The summed E-state index contributed by atoms with van der Waals surface area (Å²) in [6.45, 7) is 0. The lowest BCUT2D eigenvalue weighted by Crippen LogP contribution is -1.96. The molecule has 0 aliphatic heterocycles. The van der Waals surface area contributed by atoms with Crippen LogP contribution in [0.1, 0.15) is 0 Å². The summed E-state index contributed by atoms with van der Waals surface area (Å²) >= 11 is 9.45. The minimum Gasteiger partial charge on any atom is -0.496 e. The number of nitrogens with one attached hydrogen (secondary N) is 1. The van der Waals surface area contributed by atoms with Crippen molar-refractivity contribution < 1.29 is 4.74 Å². The van der Waals surface area contributed by atoms with Crippen LogP contribution in [0.15, 0.2) is 34.9 Å². The lowest BCUT2D eigenvalue weighted by molar-refractivity contribution is 0.412. The summed E-state index contributed by atoms with van der Waals surface area (Å²) < 4.78 is 6.01. The van der Waals surface area contributed by atoms with Crippen molar-refractivity contribution in [2.24, 2.45) is 0 Å². The fourth-order valence-corrected chi connectivity index (χ4v) is 2.19. The first-order valence-corrected chi connectivity index (χ1v) is 6.29. The van der Waals surface area contributed by atoms with E-state index < -0.39 is 0 Å². The van der Waals surface area contributed by atoms with Crippen LogP contribution in [-0.2, 0) is 0 Å². The maximum absolute atomic E-state index is 6.04. The molecule has 0 radical (unpaired) electrons. The monoisotopic (exact) mass is 327 g/mol. The van der Waals surface area contributed by atoms with E-state index in [9.17, 15) is 0 Å². The van der Waals surface area contributed by atoms with E-state index in [2.05, 4.69) is 26.2 Å². The number of nitrogen functional groups attached to an aromatic ring is 1. The molecule has 94 valence electrons. The third-order valence-corrected chi connectivity index (χ3v) is 3.18. The average molecular weight is 329 g/mol. The number of nitrogens with two attached hydrogens (primary N) is 1. The summed E-state index contributed by atoms with van der Waals surface area (Å²) in [6.07, 6.45) is 1.55. The quantitative estimate of drug-likeness (QED) is 0.899. The second-order valence-electron chi connectivity index (χ2n) is 3.57. The molecule has 3 N–H and O–H groups in total. The number of methoxy groups -OCH3 is 1. The molecule has 0 atom stereocenters. The molecule has 0 aliphatic carbocycles. The van der Waals surface area contributed by atoms with Crippen LogP contribution in [0.4, 0.5) is 17.2 Å². The molecule has 2 rings (SSSR count). The van der Waals surface area contributed by atoms with Crippen molar-refractivity contribution in [3.05, 3.63) is 40.0 Å². The minimum atomic E-state index is 0.474. The van der Waals surface area contributed by atoms with Crippen molar-refractivity contribution in [3.8, 4) is 5.75 Å². The molecule has 2 aromatic rings. The van der Waals surface area contributed by atoms with E-state index in [0.717, 1.165) is 15.9 Å². The van der Waals surface area contributed by atoms with Crippen molar-refractivity contribution in [2.75, 3.05) is 18.2 Å². The van der Waals surface area contributed by atoms with Crippen LogP contribution in [-0.4, -0.2) is 12.1 Å². The van der Waals surface area contributed by atoms with Gasteiger partial charge in [0.15, 0.2) is 0 Å². The van der Waals surface area contributed by atoms with Crippen LogP contribution in [0.25, 0.3) is 0 Å². The Morgan fingerprint density at radius 1 is 1.39 bits per heavy atom. The number of aromatic nitrogens is 1. The second kappa shape index (κ2) is 5.46. The highest BCUT2D eigenvalue weighted by Gasteiger charge is 2.05. The van der Waals surface area contributed by atoms with Gasteiger partial charge in [0.25, 0.3) is 0 Å². The Labute approximate surface area is 118 Å². The summed E-state index contributed by atoms with van der Waals surface area (Å²) in [5, 5.41) is 3.58. The molecule has 0 fully saturated rings. The molecule has 18 heavy (non-hydrogen) atoms. The number of hydrogen-bond donors (Lipinski definition) is 2. The standard InChI is InChI=1S/C12H11BrClN3O/c1-18-11-3-2-8(5-9(11)13)17-12-10(14)4-7(15)6-16-12/h2-6H,15H2,1H3,(H,16,17). The van der Waals surface area contributed by atoms with Crippen LogP contribution in [0.5, 0.6) is 5.75 Å². The SMILES string of the molecule is COc1ccc(Nc2ncc(N)cc2Cl)cc1Br. The van der Waals surface area contributed by atoms with E-state index >= 15 is 0 Å². The van der Waals surface area contributed by atoms with Gasteiger partial charge in [0.05, 0.1) is 28.5 Å². The predicted octanol–water partition coefficient (Wildman–Crippen LogP) is 3.83. The van der Waals surface area contributed by atoms with Gasteiger partial charge in [0.1, 0.15) is 11.6 Å². The molecule has 1 aromatic carbocycles. The summed E-state index contributed by atoms with van der Waals surface area (Å²) in [6, 6.07) is 7.25. The van der Waals surface area contributed by atoms with Gasteiger partial charge in [-0.25, -0.2) is 4.98 Å². The normalized spacial score (nSPS) is 10.2. The Morgan fingerprint density at radius 2 is 2.17 bits per heavy atom. The fourth-order valence-electron chi connectivity index (χ4n) is 1.43. The van der Waals surface area contributed by atoms with Crippen molar-refractivity contribution >= 4 is 44.7 Å². The van der Waals surface area contributed by atoms with Gasteiger partial charge >= 0.3 is 0 Å². The Bertz CT molecular complexity index is 577. The molecule has 0 amide bonds. The average Bonchev–Trinajstić information content (AvgIpc) is 2.33. The molecule has 0 aliphatic rings. The Balaban J connectivity index is 2.26. The number of halogens is 2. The molecule has 1 heterocycles. The fraction of sp³-hybridized carbons (Fsp3) is 0.0833. The highest BCUT2D eigenvalue weighted by Crippen LogP contribution is 2.30. The van der Waals surface area contributed by atoms with Crippen LogP contribution >= 0.6 is 27.5 Å². The first-order chi connectivity index (χ1) is 8.60. The van der Waals surface area contributed by atoms with E-state index in [1.165, 1.54) is 0 Å². The number of ether oxygens (including phenoxy) is 1. The van der Waals surface area contributed by atoms with Gasteiger partial charge < -0.3 is 15.8 Å². The van der Waals surface area contributed by atoms with E-state index in [-0.39, 0.29) is 0 Å². The van der Waals surface area contributed by atoms with Crippen LogP contribution < -0.4 is 15.8 Å². The Morgan fingerprint density at radius 3 is 2.78 bits per heavy atom. The molecule has 0 unspecified atom stereocenters. The van der Waals surface area contributed by atoms with E-state index in [1.807, 2.05) is 18.2 Å². The highest BCUT2D eigenvalue weighted by atomic mass is 79.9. The number of hydrogen-bond acceptors (Lipinski definition) is 4. The summed E-state index contributed by atoms with van der Waals surface area (Å²) in [5.74, 6) is 1.32. The van der Waals surface area contributed by atoms with E-state index in [0.29, 0.717) is 16.5 Å². The molecule has 0 bridgehead atoms. The molecule has 0 saturated carbocycles. The smallest absolute Gasteiger partial charge is 0.149 e. The van der Waals surface area contributed by atoms with Crippen LogP contribution in [0, 0.1) is 0 Å². The molecule has 1 aromatic heterocycles. The Hall–Kier alpha value is -1.46. The van der Waals surface area contributed by atoms with Crippen LogP contribution in [0.2, 0.25) is 5.02 Å². The predicted molar refractivity (Wildman–Crippen MR) is 77.6 cm³/mol. The topological polar surface area (TPSA) is 60.2 Å². The molecule has 4 nitrogen and oxygen atoms in total. The zero-order valence-corrected chi connectivity index (χ0v) is 11.9. The van der Waals surface area contributed by atoms with E-state index in [1.54, 1.807) is 19.4 Å². The molecular formula is C12H11BrClN3O. The number of pyridine rings is 1. The first kappa shape index (κ1) is 13.0. The van der Waals surface area contributed by atoms with Crippen molar-refractivity contribution in [2.45, 2.75) is 0 Å². The summed E-state index contributed by atoms with van der Waals surface area (Å²) in [5.41, 5.74) is 6.96. The first-order valence-electron chi connectivity index (χ1n) is 5.11. The maximum Gasteiger partial charge on any atom is 0.149 e.